The monoisotopic (exact) mass is 392 g/mol. The van der Waals surface area contributed by atoms with Crippen LogP contribution >= 0.6 is 27.5 Å². The lowest BCUT2D eigenvalue weighted by atomic mass is 10.1. The molecular weight excluding hydrogens is 384 g/mol. The number of carbonyl (C=O) groups is 1. The predicted molar refractivity (Wildman–Crippen MR) is 90.8 cm³/mol. The highest BCUT2D eigenvalue weighted by Gasteiger charge is 2.11. The van der Waals surface area contributed by atoms with E-state index in [4.69, 9.17) is 20.8 Å². The van der Waals surface area contributed by atoms with Crippen LogP contribution in [0.1, 0.15) is 15.9 Å². The summed E-state index contributed by atoms with van der Waals surface area (Å²) in [4.78, 5) is 23.7. The standard InChI is InChI=1S/C17H10BrClO4/c18-12-3-6-14-11(7-16(20)23-15(14)8-12)9-22-17(21)10-1-4-13(19)5-2-10/h1-8H,9H2. The molecule has 1 aromatic heterocycles. The number of ether oxygens (including phenoxy) is 1. The van der Waals surface area contributed by atoms with Gasteiger partial charge in [-0.15, -0.1) is 0 Å². The smallest absolute Gasteiger partial charge is 0.338 e. The van der Waals surface area contributed by atoms with E-state index >= 15 is 0 Å². The van der Waals surface area contributed by atoms with Gasteiger partial charge < -0.3 is 9.15 Å². The number of hydrogen-bond donors (Lipinski definition) is 0. The van der Waals surface area contributed by atoms with E-state index in [0.29, 0.717) is 21.7 Å². The van der Waals surface area contributed by atoms with Crippen LogP contribution in [-0.2, 0) is 11.3 Å². The number of carbonyl (C=O) groups excluding carboxylic acids is 1. The van der Waals surface area contributed by atoms with E-state index in [9.17, 15) is 9.59 Å². The zero-order valence-electron chi connectivity index (χ0n) is 11.7. The Labute approximate surface area is 144 Å². The molecule has 6 heteroatoms. The molecule has 0 radical (unpaired) electrons. The summed E-state index contributed by atoms with van der Waals surface area (Å²) in [6.45, 7) is -0.0226. The molecule has 0 unspecified atom stereocenters. The second kappa shape index (κ2) is 6.56. The Morgan fingerprint density at radius 1 is 1.13 bits per heavy atom. The van der Waals surface area contributed by atoms with E-state index in [1.807, 2.05) is 6.07 Å². The van der Waals surface area contributed by atoms with Crippen LogP contribution in [-0.4, -0.2) is 5.97 Å². The first-order valence-electron chi connectivity index (χ1n) is 6.68. The summed E-state index contributed by atoms with van der Waals surface area (Å²) < 4.78 is 11.2. The van der Waals surface area contributed by atoms with E-state index in [1.54, 1.807) is 36.4 Å². The van der Waals surface area contributed by atoms with Crippen molar-refractivity contribution in [3.63, 3.8) is 0 Å². The lowest BCUT2D eigenvalue weighted by Gasteiger charge is -2.07. The minimum absolute atomic E-state index is 0.0226. The summed E-state index contributed by atoms with van der Waals surface area (Å²) in [7, 11) is 0. The van der Waals surface area contributed by atoms with Crippen LogP contribution in [0, 0.1) is 0 Å². The first-order valence-corrected chi connectivity index (χ1v) is 7.85. The first-order chi connectivity index (χ1) is 11.0. The molecule has 0 aliphatic rings. The van der Waals surface area contributed by atoms with Gasteiger partial charge in [0.2, 0.25) is 0 Å². The van der Waals surface area contributed by atoms with Crippen LogP contribution in [0.15, 0.2) is 62.2 Å². The lowest BCUT2D eigenvalue weighted by Crippen LogP contribution is -2.07. The number of rotatable bonds is 3. The highest BCUT2D eigenvalue weighted by molar-refractivity contribution is 9.10. The molecule has 23 heavy (non-hydrogen) atoms. The largest absolute Gasteiger partial charge is 0.457 e. The quantitative estimate of drug-likeness (QED) is 0.483. The van der Waals surface area contributed by atoms with Crippen LogP contribution in [0.5, 0.6) is 0 Å². The maximum Gasteiger partial charge on any atom is 0.338 e. The van der Waals surface area contributed by atoms with Crippen molar-refractivity contribution in [1.82, 2.24) is 0 Å². The Morgan fingerprint density at radius 2 is 1.87 bits per heavy atom. The SMILES string of the molecule is O=C(OCc1cc(=O)oc2cc(Br)ccc12)c1ccc(Cl)cc1. The van der Waals surface area contributed by atoms with Gasteiger partial charge in [-0.05, 0) is 42.5 Å². The van der Waals surface area contributed by atoms with E-state index in [1.165, 1.54) is 6.07 Å². The fourth-order valence-electron chi connectivity index (χ4n) is 2.14. The molecule has 0 spiro atoms. The van der Waals surface area contributed by atoms with Crippen molar-refractivity contribution in [2.75, 3.05) is 0 Å². The average Bonchev–Trinajstić information content (AvgIpc) is 2.52. The minimum Gasteiger partial charge on any atom is -0.457 e. The first kappa shape index (κ1) is 15.8. The second-order valence-corrected chi connectivity index (χ2v) is 6.17. The third-order valence-corrected chi connectivity index (χ3v) is 3.98. The zero-order valence-corrected chi connectivity index (χ0v) is 14.1. The molecule has 4 nitrogen and oxygen atoms in total. The van der Waals surface area contributed by atoms with Crippen molar-refractivity contribution in [3.05, 3.63) is 79.6 Å². The molecule has 3 rings (SSSR count). The molecule has 0 saturated heterocycles. The van der Waals surface area contributed by atoms with E-state index in [0.717, 1.165) is 9.86 Å². The van der Waals surface area contributed by atoms with Crippen molar-refractivity contribution in [1.29, 1.82) is 0 Å². The highest BCUT2D eigenvalue weighted by atomic mass is 79.9. The van der Waals surface area contributed by atoms with E-state index in [2.05, 4.69) is 15.9 Å². The fraction of sp³-hybridized carbons (Fsp3) is 0.0588. The molecule has 116 valence electrons. The van der Waals surface area contributed by atoms with E-state index in [-0.39, 0.29) is 6.61 Å². The Kier molecular flexibility index (Phi) is 4.50. The third-order valence-electron chi connectivity index (χ3n) is 3.23. The molecule has 0 atom stereocenters. The maximum absolute atomic E-state index is 12.0. The molecule has 2 aromatic carbocycles. The summed E-state index contributed by atoms with van der Waals surface area (Å²) in [5, 5.41) is 1.26. The van der Waals surface area contributed by atoms with Gasteiger partial charge in [-0.1, -0.05) is 27.5 Å². The van der Waals surface area contributed by atoms with Crippen molar-refractivity contribution in [3.8, 4) is 0 Å². The van der Waals surface area contributed by atoms with Gasteiger partial charge in [0.25, 0.3) is 0 Å². The molecule has 1 heterocycles. The number of benzene rings is 2. The molecule has 0 N–H and O–H groups in total. The van der Waals surface area contributed by atoms with Crippen LogP contribution < -0.4 is 5.63 Å². The number of esters is 1. The summed E-state index contributed by atoms with van der Waals surface area (Å²) in [5.74, 6) is -0.486. The van der Waals surface area contributed by atoms with Gasteiger partial charge in [-0.3, -0.25) is 0 Å². The second-order valence-electron chi connectivity index (χ2n) is 4.81. The molecule has 3 aromatic rings. The van der Waals surface area contributed by atoms with Crippen LogP contribution in [0.25, 0.3) is 11.0 Å². The molecule has 0 saturated carbocycles. The molecule has 0 aliphatic heterocycles. The van der Waals surface area contributed by atoms with Crippen LogP contribution in [0.3, 0.4) is 0 Å². The highest BCUT2D eigenvalue weighted by Crippen LogP contribution is 2.22. The topological polar surface area (TPSA) is 56.5 Å². The molecule has 0 bridgehead atoms. The summed E-state index contributed by atoms with van der Waals surface area (Å²) in [5.41, 5.74) is 0.924. The van der Waals surface area contributed by atoms with Crippen molar-refractivity contribution < 1.29 is 13.9 Å². The van der Waals surface area contributed by atoms with Crippen molar-refractivity contribution >= 4 is 44.5 Å². The molecule has 0 aliphatic carbocycles. The average molecular weight is 394 g/mol. The van der Waals surface area contributed by atoms with E-state index < -0.39 is 11.6 Å². The maximum atomic E-state index is 12.0. The third kappa shape index (κ3) is 3.63. The Hall–Kier alpha value is -2.11. The van der Waals surface area contributed by atoms with Gasteiger partial charge in [0.05, 0.1) is 5.56 Å². The van der Waals surface area contributed by atoms with Crippen LogP contribution in [0.2, 0.25) is 5.02 Å². The van der Waals surface area contributed by atoms with Gasteiger partial charge in [-0.25, -0.2) is 9.59 Å². The van der Waals surface area contributed by atoms with Gasteiger partial charge in [-0.2, -0.15) is 0 Å². The number of fused-ring (bicyclic) bond motifs is 1. The summed E-state index contributed by atoms with van der Waals surface area (Å²) in [6, 6.07) is 13.0. The molecule has 0 amide bonds. The lowest BCUT2D eigenvalue weighted by molar-refractivity contribution is 0.0474. The molecular formula is C17H10BrClO4. The van der Waals surface area contributed by atoms with Gasteiger partial charge in [0, 0.05) is 26.5 Å². The number of hydrogen-bond acceptors (Lipinski definition) is 4. The van der Waals surface area contributed by atoms with Crippen molar-refractivity contribution in [2.45, 2.75) is 6.61 Å². The van der Waals surface area contributed by atoms with Crippen molar-refractivity contribution in [2.24, 2.45) is 0 Å². The van der Waals surface area contributed by atoms with Gasteiger partial charge >= 0.3 is 11.6 Å². The Morgan fingerprint density at radius 3 is 2.61 bits per heavy atom. The summed E-state index contributed by atoms with van der Waals surface area (Å²) in [6.07, 6.45) is 0. The normalized spacial score (nSPS) is 10.7. The summed E-state index contributed by atoms with van der Waals surface area (Å²) >= 11 is 9.11. The Bertz CT molecular complexity index is 931. The predicted octanol–water partition coefficient (Wildman–Crippen LogP) is 4.57. The Balaban J connectivity index is 1.85. The minimum atomic E-state index is -0.492. The van der Waals surface area contributed by atoms with Crippen LogP contribution in [0.4, 0.5) is 0 Å². The van der Waals surface area contributed by atoms with Gasteiger partial charge in [0.15, 0.2) is 0 Å². The molecule has 0 fully saturated rings. The zero-order chi connectivity index (χ0) is 16.4. The fourth-order valence-corrected chi connectivity index (χ4v) is 2.60. The van der Waals surface area contributed by atoms with Gasteiger partial charge in [0.1, 0.15) is 12.2 Å². The number of halogens is 2.